The van der Waals surface area contributed by atoms with Crippen LogP contribution < -0.4 is 15.5 Å². The van der Waals surface area contributed by atoms with Gasteiger partial charge >= 0.3 is 6.09 Å². The highest BCUT2D eigenvalue weighted by atomic mass is 16.6. The molecule has 0 aliphatic heterocycles. The van der Waals surface area contributed by atoms with Gasteiger partial charge in [0.15, 0.2) is 0 Å². The first-order chi connectivity index (χ1) is 12.1. The highest BCUT2D eigenvalue weighted by molar-refractivity contribution is 5.68. The molecule has 0 atom stereocenters. The van der Waals surface area contributed by atoms with E-state index in [2.05, 4.69) is 20.6 Å². The molecule has 2 N–H and O–H groups in total. The molecule has 1 fully saturated rings. The number of carbonyl (C=O) groups excluding carboxylic acids is 1. The smallest absolute Gasteiger partial charge is 0.407 e. The maximum absolute atomic E-state index is 11.9. The molecule has 0 spiro atoms. The van der Waals surface area contributed by atoms with E-state index in [0.29, 0.717) is 11.9 Å². The number of alkyl carbamates (subject to hydrolysis) is 1. The highest BCUT2D eigenvalue weighted by Gasteiger charge is 2.24. The number of nitrogens with zero attached hydrogens (tertiary/aromatic N) is 3. The Kier molecular flexibility index (Phi) is 6.67. The van der Waals surface area contributed by atoms with E-state index in [0.717, 1.165) is 43.7 Å². The largest absolute Gasteiger partial charge is 0.444 e. The lowest BCUT2D eigenvalue weighted by atomic mass is 9.86. The summed E-state index contributed by atoms with van der Waals surface area (Å²) in [7, 11) is 3.95. The van der Waals surface area contributed by atoms with E-state index in [1.165, 1.54) is 0 Å². The zero-order valence-corrected chi connectivity index (χ0v) is 16.9. The lowest BCUT2D eigenvalue weighted by Gasteiger charge is -2.30. The number of nitrogens with one attached hydrogen (secondary N) is 2. The molecular weight excluding hydrogens is 330 g/mol. The van der Waals surface area contributed by atoms with Gasteiger partial charge in [-0.2, -0.15) is 4.98 Å². The fraction of sp³-hybridized carbons (Fsp3) is 0.737. The molecule has 0 saturated heterocycles. The van der Waals surface area contributed by atoms with Crippen LogP contribution in [0.5, 0.6) is 0 Å². The zero-order chi connectivity index (χ0) is 19.3. The van der Waals surface area contributed by atoms with Crippen molar-refractivity contribution in [1.82, 2.24) is 15.3 Å². The van der Waals surface area contributed by atoms with E-state index in [9.17, 15) is 4.79 Å². The Morgan fingerprint density at radius 2 is 1.88 bits per heavy atom. The zero-order valence-electron chi connectivity index (χ0n) is 16.9. The second-order valence-electron chi connectivity index (χ2n) is 8.33. The van der Waals surface area contributed by atoms with Crippen LogP contribution in [0.3, 0.4) is 0 Å². The Morgan fingerprint density at radius 3 is 2.46 bits per heavy atom. The minimum absolute atomic E-state index is 0.205. The van der Waals surface area contributed by atoms with Gasteiger partial charge in [-0.05, 0) is 59.3 Å². The fourth-order valence-electron chi connectivity index (χ4n) is 3.08. The number of aromatic nitrogens is 2. The summed E-state index contributed by atoms with van der Waals surface area (Å²) in [6, 6.07) is 2.18. The summed E-state index contributed by atoms with van der Waals surface area (Å²) in [6.07, 6.45) is 3.77. The Bertz CT molecular complexity index is 604. The van der Waals surface area contributed by atoms with Crippen molar-refractivity contribution in [3.8, 4) is 0 Å². The first-order valence-corrected chi connectivity index (χ1v) is 9.39. The normalized spacial score (nSPS) is 20.4. The number of hydrogen-bond donors (Lipinski definition) is 2. The monoisotopic (exact) mass is 363 g/mol. The Morgan fingerprint density at radius 1 is 1.23 bits per heavy atom. The van der Waals surface area contributed by atoms with Gasteiger partial charge in [0.1, 0.15) is 11.4 Å². The van der Waals surface area contributed by atoms with Crippen LogP contribution in [0.4, 0.5) is 16.6 Å². The van der Waals surface area contributed by atoms with Gasteiger partial charge in [0, 0.05) is 38.4 Å². The average Bonchev–Trinajstić information content (AvgIpc) is 2.52. The maximum Gasteiger partial charge on any atom is 0.407 e. The number of amides is 1. The molecule has 1 amide bonds. The van der Waals surface area contributed by atoms with E-state index in [4.69, 9.17) is 4.74 Å². The predicted molar refractivity (Wildman–Crippen MR) is 105 cm³/mol. The molecule has 7 nitrogen and oxygen atoms in total. The standard InChI is InChI=1S/C19H33N5O2/c1-13-11-16(24(5)6)23-17(21-13)20-12-14-7-9-15(10-8-14)22-18(25)26-19(2,3)4/h11,14-15H,7-10,12H2,1-6H3,(H,22,25)(H,20,21,23)/t14-,15+. The van der Waals surface area contributed by atoms with Gasteiger partial charge in [-0.1, -0.05) is 0 Å². The summed E-state index contributed by atoms with van der Waals surface area (Å²) < 4.78 is 5.33. The summed E-state index contributed by atoms with van der Waals surface area (Å²) in [4.78, 5) is 22.9. The quantitative estimate of drug-likeness (QED) is 0.835. The van der Waals surface area contributed by atoms with Gasteiger partial charge in [-0.25, -0.2) is 9.78 Å². The molecule has 1 aliphatic rings. The van der Waals surface area contributed by atoms with Crippen LogP contribution in [0, 0.1) is 12.8 Å². The second-order valence-corrected chi connectivity index (χ2v) is 8.33. The van der Waals surface area contributed by atoms with E-state index in [1.807, 2.05) is 52.8 Å². The van der Waals surface area contributed by atoms with Crippen molar-refractivity contribution < 1.29 is 9.53 Å². The Balaban J connectivity index is 1.76. The molecule has 0 aromatic carbocycles. The number of aryl methyl sites for hydroxylation is 1. The minimum Gasteiger partial charge on any atom is -0.444 e. The average molecular weight is 364 g/mol. The first-order valence-electron chi connectivity index (χ1n) is 9.39. The van der Waals surface area contributed by atoms with E-state index < -0.39 is 5.60 Å². The van der Waals surface area contributed by atoms with Crippen LogP contribution in [0.25, 0.3) is 0 Å². The van der Waals surface area contributed by atoms with Crippen molar-refractivity contribution in [3.05, 3.63) is 11.8 Å². The van der Waals surface area contributed by atoms with Crippen LogP contribution in [-0.4, -0.2) is 48.3 Å². The maximum atomic E-state index is 11.9. The van der Waals surface area contributed by atoms with Crippen molar-refractivity contribution in [2.75, 3.05) is 30.9 Å². The topological polar surface area (TPSA) is 79.4 Å². The third-order valence-electron chi connectivity index (χ3n) is 4.42. The van der Waals surface area contributed by atoms with Gasteiger partial charge in [0.2, 0.25) is 5.95 Å². The number of hydrogen-bond acceptors (Lipinski definition) is 6. The molecule has 0 bridgehead atoms. The van der Waals surface area contributed by atoms with E-state index in [-0.39, 0.29) is 12.1 Å². The van der Waals surface area contributed by atoms with Crippen molar-refractivity contribution in [1.29, 1.82) is 0 Å². The number of ether oxygens (including phenoxy) is 1. The van der Waals surface area contributed by atoms with Crippen LogP contribution in [-0.2, 0) is 4.74 Å². The third-order valence-corrected chi connectivity index (χ3v) is 4.42. The lowest BCUT2D eigenvalue weighted by molar-refractivity contribution is 0.0488. The molecule has 26 heavy (non-hydrogen) atoms. The third kappa shape index (κ3) is 6.69. The number of anilines is 2. The Hall–Kier alpha value is -2.05. The van der Waals surface area contributed by atoms with Crippen LogP contribution in [0.1, 0.15) is 52.1 Å². The molecule has 7 heteroatoms. The van der Waals surface area contributed by atoms with Gasteiger partial charge in [0.05, 0.1) is 0 Å². The summed E-state index contributed by atoms with van der Waals surface area (Å²) >= 11 is 0. The molecule has 1 aromatic rings. The van der Waals surface area contributed by atoms with Gasteiger partial charge in [-0.3, -0.25) is 0 Å². The van der Waals surface area contributed by atoms with Crippen LogP contribution >= 0.6 is 0 Å². The summed E-state index contributed by atoms with van der Waals surface area (Å²) in [5.41, 5.74) is 0.501. The van der Waals surface area contributed by atoms with Crippen molar-refractivity contribution >= 4 is 17.9 Å². The minimum atomic E-state index is -0.454. The molecule has 1 aliphatic carbocycles. The molecular formula is C19H33N5O2. The molecule has 0 unspecified atom stereocenters. The van der Waals surface area contributed by atoms with Crippen molar-refractivity contribution in [3.63, 3.8) is 0 Å². The molecule has 1 aromatic heterocycles. The summed E-state index contributed by atoms with van der Waals surface area (Å²) in [5.74, 6) is 2.16. The van der Waals surface area contributed by atoms with Crippen LogP contribution in [0.15, 0.2) is 6.07 Å². The summed E-state index contributed by atoms with van der Waals surface area (Å²) in [6.45, 7) is 8.47. The summed E-state index contributed by atoms with van der Waals surface area (Å²) in [5, 5.41) is 6.36. The lowest BCUT2D eigenvalue weighted by Crippen LogP contribution is -2.41. The van der Waals surface area contributed by atoms with E-state index >= 15 is 0 Å². The van der Waals surface area contributed by atoms with Crippen molar-refractivity contribution in [2.45, 2.75) is 65.0 Å². The van der Waals surface area contributed by atoms with Gasteiger partial charge in [-0.15, -0.1) is 0 Å². The molecule has 2 rings (SSSR count). The molecule has 1 heterocycles. The van der Waals surface area contributed by atoms with E-state index in [1.54, 1.807) is 0 Å². The fourth-order valence-corrected chi connectivity index (χ4v) is 3.08. The number of carbonyl (C=O) groups is 1. The van der Waals surface area contributed by atoms with Gasteiger partial charge in [0.25, 0.3) is 0 Å². The van der Waals surface area contributed by atoms with Crippen molar-refractivity contribution in [2.24, 2.45) is 5.92 Å². The Labute approximate surface area is 156 Å². The first kappa shape index (κ1) is 20.3. The van der Waals surface area contributed by atoms with Crippen LogP contribution in [0.2, 0.25) is 0 Å². The van der Waals surface area contributed by atoms with Gasteiger partial charge < -0.3 is 20.3 Å². The second kappa shape index (κ2) is 8.56. The predicted octanol–water partition coefficient (Wildman–Crippen LogP) is 3.35. The highest BCUT2D eigenvalue weighted by Crippen LogP contribution is 2.25. The SMILES string of the molecule is Cc1cc(N(C)C)nc(NC[C@H]2CC[C@@H](NC(=O)OC(C)(C)C)CC2)n1. The molecule has 146 valence electrons. The number of rotatable bonds is 5. The molecule has 0 radical (unpaired) electrons. The molecule has 1 saturated carbocycles.